The van der Waals surface area contributed by atoms with Crippen LogP contribution >= 0.6 is 0 Å². The van der Waals surface area contributed by atoms with Gasteiger partial charge >= 0.3 is 0 Å². The second kappa shape index (κ2) is 9.42. The number of aromatic nitrogens is 1. The number of nitrogens with zero attached hydrogens (tertiary/aromatic N) is 2. The van der Waals surface area contributed by atoms with Gasteiger partial charge in [-0.2, -0.15) is 0 Å². The lowest BCUT2D eigenvalue weighted by Gasteiger charge is -2.07. The van der Waals surface area contributed by atoms with Crippen LogP contribution in [-0.4, -0.2) is 22.9 Å². The highest BCUT2D eigenvalue weighted by molar-refractivity contribution is 6.01. The summed E-state index contributed by atoms with van der Waals surface area (Å²) in [4.78, 5) is 20.3. The van der Waals surface area contributed by atoms with E-state index >= 15 is 0 Å². The number of hydrogen-bond donors (Lipinski definition) is 1. The van der Waals surface area contributed by atoms with E-state index in [0.717, 1.165) is 11.6 Å². The van der Waals surface area contributed by atoms with E-state index in [-0.39, 0.29) is 17.3 Å². The van der Waals surface area contributed by atoms with Crippen LogP contribution in [0.4, 0.5) is 14.6 Å². The predicted molar refractivity (Wildman–Crippen MR) is 98.3 cm³/mol. The second-order valence-corrected chi connectivity index (χ2v) is 5.17. The molecular weight excluding hydrogens is 324 g/mol. The fourth-order valence-electron chi connectivity index (χ4n) is 1.93. The van der Waals surface area contributed by atoms with Crippen molar-refractivity contribution >= 4 is 22.9 Å². The van der Waals surface area contributed by atoms with Gasteiger partial charge in [0.15, 0.2) is 11.6 Å². The number of halogens is 2. The molecule has 132 valence electrons. The minimum Gasteiger partial charge on any atom is -0.397 e. The molecule has 1 rings (SSSR count). The minimum absolute atomic E-state index is 0.147. The van der Waals surface area contributed by atoms with Gasteiger partial charge in [-0.1, -0.05) is 30.9 Å². The van der Waals surface area contributed by atoms with E-state index in [4.69, 9.17) is 5.73 Å². The van der Waals surface area contributed by atoms with Crippen molar-refractivity contribution in [3.8, 4) is 0 Å². The van der Waals surface area contributed by atoms with Crippen molar-refractivity contribution in [2.45, 2.75) is 27.2 Å². The Hall–Kier alpha value is -2.89. The molecule has 0 aliphatic heterocycles. The van der Waals surface area contributed by atoms with Crippen molar-refractivity contribution in [1.82, 2.24) is 4.98 Å². The molecule has 0 radical (unpaired) electrons. The largest absolute Gasteiger partial charge is 0.397 e. The number of pyridine rings is 1. The van der Waals surface area contributed by atoms with Crippen molar-refractivity contribution in [2.24, 2.45) is 10.7 Å². The maximum absolute atomic E-state index is 12.5. The number of allylic oxidation sites excluding steroid dienone is 7. The van der Waals surface area contributed by atoms with E-state index in [2.05, 4.69) is 16.6 Å². The minimum atomic E-state index is -2.77. The van der Waals surface area contributed by atoms with Gasteiger partial charge in [0.2, 0.25) is 0 Å². The van der Waals surface area contributed by atoms with E-state index in [1.54, 1.807) is 18.2 Å². The molecule has 0 atom stereocenters. The molecule has 1 heterocycles. The number of alkyl halides is 2. The van der Waals surface area contributed by atoms with Gasteiger partial charge in [0.1, 0.15) is 0 Å². The maximum Gasteiger partial charge on any atom is 0.277 e. The maximum atomic E-state index is 12.5. The molecule has 0 aromatic carbocycles. The van der Waals surface area contributed by atoms with Gasteiger partial charge in [-0.3, -0.25) is 4.79 Å². The van der Waals surface area contributed by atoms with Crippen LogP contribution in [0.5, 0.6) is 0 Å². The topological polar surface area (TPSA) is 68.3 Å². The first-order valence-electron chi connectivity index (χ1n) is 7.58. The number of hydrogen-bond acceptors (Lipinski definition) is 4. The van der Waals surface area contributed by atoms with Crippen LogP contribution in [0.2, 0.25) is 0 Å². The summed E-state index contributed by atoms with van der Waals surface area (Å²) in [7, 11) is 0. The van der Waals surface area contributed by atoms with Crippen LogP contribution in [-0.2, 0) is 0 Å². The third-order valence-corrected chi connectivity index (χ3v) is 3.15. The van der Waals surface area contributed by atoms with Gasteiger partial charge in [0.05, 0.1) is 17.0 Å². The Morgan fingerprint density at radius 1 is 1.36 bits per heavy atom. The van der Waals surface area contributed by atoms with Gasteiger partial charge in [0.25, 0.3) is 6.43 Å². The Morgan fingerprint density at radius 3 is 2.56 bits per heavy atom. The third-order valence-electron chi connectivity index (χ3n) is 3.15. The number of carbonyl (C=O) groups excluding carboxylic acids is 1. The van der Waals surface area contributed by atoms with Gasteiger partial charge < -0.3 is 5.73 Å². The quantitative estimate of drug-likeness (QED) is 0.445. The number of ketones is 1. The number of rotatable bonds is 7. The molecule has 0 saturated heterocycles. The van der Waals surface area contributed by atoms with Crippen LogP contribution < -0.4 is 5.73 Å². The average Bonchev–Trinajstić information content (AvgIpc) is 2.55. The first-order chi connectivity index (χ1) is 11.8. The highest BCUT2D eigenvalue weighted by Crippen LogP contribution is 2.23. The van der Waals surface area contributed by atoms with E-state index in [1.807, 2.05) is 25.2 Å². The van der Waals surface area contributed by atoms with E-state index in [9.17, 15) is 13.6 Å². The number of carbonyl (C=O) groups is 1. The van der Waals surface area contributed by atoms with Crippen molar-refractivity contribution in [2.75, 3.05) is 0 Å². The van der Waals surface area contributed by atoms with E-state index in [1.165, 1.54) is 13.8 Å². The fourth-order valence-corrected chi connectivity index (χ4v) is 1.93. The Kier molecular flexibility index (Phi) is 7.59. The van der Waals surface area contributed by atoms with Gasteiger partial charge in [-0.15, -0.1) is 0 Å². The van der Waals surface area contributed by atoms with Crippen LogP contribution in [0, 0.1) is 0 Å². The molecule has 0 spiro atoms. The van der Waals surface area contributed by atoms with Gasteiger partial charge in [-0.05, 0) is 44.6 Å². The first-order valence-corrected chi connectivity index (χ1v) is 7.58. The van der Waals surface area contributed by atoms with E-state index < -0.39 is 12.1 Å². The Balaban J connectivity index is 3.46. The monoisotopic (exact) mass is 345 g/mol. The second-order valence-electron chi connectivity index (χ2n) is 5.17. The summed E-state index contributed by atoms with van der Waals surface area (Å²) < 4.78 is 25.1. The average molecular weight is 345 g/mol. The lowest BCUT2D eigenvalue weighted by molar-refractivity contribution is 0.101. The zero-order valence-electron chi connectivity index (χ0n) is 14.5. The normalized spacial score (nSPS) is 13.6. The molecule has 25 heavy (non-hydrogen) atoms. The lowest BCUT2D eigenvalue weighted by atomic mass is 10.1. The molecule has 1 aromatic rings. The van der Waals surface area contributed by atoms with Crippen LogP contribution in [0.1, 0.15) is 36.8 Å². The van der Waals surface area contributed by atoms with Crippen molar-refractivity contribution in [3.05, 3.63) is 66.0 Å². The van der Waals surface area contributed by atoms with Crippen molar-refractivity contribution in [1.29, 1.82) is 0 Å². The molecular formula is C19H21F2N3O. The smallest absolute Gasteiger partial charge is 0.277 e. The summed E-state index contributed by atoms with van der Waals surface area (Å²) >= 11 is 0. The summed E-state index contributed by atoms with van der Waals surface area (Å²) in [6, 6.07) is 3.29. The summed E-state index contributed by atoms with van der Waals surface area (Å²) in [5.74, 6) is -0.0805. The third kappa shape index (κ3) is 5.91. The van der Waals surface area contributed by atoms with Crippen LogP contribution in [0.15, 0.2) is 59.8 Å². The van der Waals surface area contributed by atoms with Gasteiger partial charge in [-0.25, -0.2) is 18.8 Å². The molecule has 6 heteroatoms. The molecule has 0 saturated carbocycles. The molecule has 0 amide bonds. The molecule has 4 nitrogen and oxygen atoms in total. The predicted octanol–water partition coefficient (Wildman–Crippen LogP) is 4.63. The molecule has 0 aliphatic carbocycles. The molecule has 2 N–H and O–H groups in total. The number of Topliss-reactive ketones (excluding diaryl/α,β-unsaturated/α-hetero) is 1. The molecule has 0 fully saturated rings. The Labute approximate surface area is 146 Å². The van der Waals surface area contributed by atoms with Crippen LogP contribution in [0.3, 0.4) is 0 Å². The van der Waals surface area contributed by atoms with Crippen molar-refractivity contribution in [3.63, 3.8) is 0 Å². The Bertz CT molecular complexity index is 775. The van der Waals surface area contributed by atoms with Crippen molar-refractivity contribution < 1.29 is 13.6 Å². The van der Waals surface area contributed by atoms with Gasteiger partial charge in [0, 0.05) is 5.71 Å². The SMILES string of the molecule is C=C/C(=C/C=C\C)c1ccc(C(C)=O)c(/N=C(C)/C=C(\N)C(F)F)n1. The highest BCUT2D eigenvalue weighted by atomic mass is 19.3. The molecule has 0 unspecified atom stereocenters. The summed E-state index contributed by atoms with van der Waals surface area (Å²) in [6.07, 6.45) is 5.43. The lowest BCUT2D eigenvalue weighted by Crippen LogP contribution is -2.09. The standard InChI is InChI=1S/C19H21F2N3O/c1-5-7-8-14(6-2)17-10-9-15(13(4)25)19(24-17)23-12(3)11-16(22)18(20)21/h5-11,18H,2,22H2,1,3-4H3/b7-5-,14-8-,16-11-,23-12+. The number of aliphatic imine (C=N–C) groups is 1. The zero-order valence-corrected chi connectivity index (χ0v) is 14.5. The zero-order chi connectivity index (χ0) is 19.0. The molecule has 0 bridgehead atoms. The molecule has 0 aliphatic rings. The molecule has 1 aromatic heterocycles. The summed E-state index contributed by atoms with van der Waals surface area (Å²) in [6.45, 7) is 8.52. The first kappa shape index (κ1) is 20.2. The highest BCUT2D eigenvalue weighted by Gasteiger charge is 2.12. The number of nitrogens with two attached hydrogens (primary N) is 1. The van der Waals surface area contributed by atoms with Crippen LogP contribution in [0.25, 0.3) is 5.57 Å². The Morgan fingerprint density at radius 2 is 2.04 bits per heavy atom. The van der Waals surface area contributed by atoms with E-state index in [0.29, 0.717) is 11.3 Å². The summed E-state index contributed by atoms with van der Waals surface area (Å²) in [5, 5.41) is 0. The fraction of sp³-hybridized carbons (Fsp3) is 0.211. The summed E-state index contributed by atoms with van der Waals surface area (Å²) in [5.41, 5.74) is 6.46.